The lowest BCUT2D eigenvalue weighted by atomic mass is 10.2. The third-order valence-corrected chi connectivity index (χ3v) is 2.77. The number of nitrogens with one attached hydrogen (secondary N) is 1. The van der Waals surface area contributed by atoms with Gasteiger partial charge in [-0.2, -0.15) is 11.8 Å². The summed E-state index contributed by atoms with van der Waals surface area (Å²) in [5.74, 6) is 1.60. The van der Waals surface area contributed by atoms with E-state index in [1.807, 2.05) is 0 Å². The van der Waals surface area contributed by atoms with Crippen molar-refractivity contribution >= 4 is 29.2 Å². The average Bonchev–Trinajstić information content (AvgIpc) is 2.28. The molecule has 0 spiro atoms. The molecule has 0 aliphatic rings. The summed E-state index contributed by atoms with van der Waals surface area (Å²) in [6.07, 6.45) is 6.20. The molecular weight excluding hydrogens is 222 g/mol. The van der Waals surface area contributed by atoms with Crippen molar-refractivity contribution in [3.05, 3.63) is 18.3 Å². The maximum Gasteiger partial charge on any atom is 0.224 e. The summed E-state index contributed by atoms with van der Waals surface area (Å²) in [5, 5.41) is 2.78. The van der Waals surface area contributed by atoms with Crippen LogP contribution < -0.4 is 11.1 Å². The summed E-state index contributed by atoms with van der Waals surface area (Å²) in [5.41, 5.74) is 6.14. The predicted molar refractivity (Wildman–Crippen MR) is 69.5 cm³/mol. The SMILES string of the molecule is CSCCCCC(=O)Nc1ccc(N)nc1. The van der Waals surface area contributed by atoms with Crippen molar-refractivity contribution in [1.29, 1.82) is 0 Å². The van der Waals surface area contributed by atoms with Crippen LogP contribution in [0.3, 0.4) is 0 Å². The van der Waals surface area contributed by atoms with E-state index >= 15 is 0 Å². The molecule has 5 heteroatoms. The predicted octanol–water partition coefficient (Wildman–Crippen LogP) is 2.14. The van der Waals surface area contributed by atoms with Gasteiger partial charge in [-0.25, -0.2) is 4.98 Å². The highest BCUT2D eigenvalue weighted by atomic mass is 32.2. The van der Waals surface area contributed by atoms with E-state index in [9.17, 15) is 4.79 Å². The van der Waals surface area contributed by atoms with E-state index in [0.29, 0.717) is 17.9 Å². The van der Waals surface area contributed by atoms with Crippen molar-refractivity contribution in [2.75, 3.05) is 23.1 Å². The second kappa shape index (κ2) is 7.11. The number of unbranched alkanes of at least 4 members (excludes halogenated alkanes) is 1. The van der Waals surface area contributed by atoms with E-state index in [-0.39, 0.29) is 5.91 Å². The van der Waals surface area contributed by atoms with Crippen molar-refractivity contribution in [3.8, 4) is 0 Å². The van der Waals surface area contributed by atoms with Gasteiger partial charge in [0, 0.05) is 6.42 Å². The van der Waals surface area contributed by atoms with E-state index < -0.39 is 0 Å². The minimum atomic E-state index is 0.0349. The highest BCUT2D eigenvalue weighted by Gasteiger charge is 2.01. The van der Waals surface area contributed by atoms with E-state index in [1.165, 1.54) is 0 Å². The molecule has 1 aromatic rings. The lowest BCUT2D eigenvalue weighted by Gasteiger charge is -2.04. The Balaban J connectivity index is 2.26. The Morgan fingerprint density at radius 2 is 2.31 bits per heavy atom. The molecule has 16 heavy (non-hydrogen) atoms. The summed E-state index contributed by atoms with van der Waals surface area (Å²) >= 11 is 1.80. The van der Waals surface area contributed by atoms with E-state index in [2.05, 4.69) is 16.6 Å². The Hall–Kier alpha value is -1.23. The zero-order valence-corrected chi connectivity index (χ0v) is 10.2. The second-order valence-corrected chi connectivity index (χ2v) is 4.46. The molecule has 0 aliphatic carbocycles. The summed E-state index contributed by atoms with van der Waals surface area (Å²) in [4.78, 5) is 15.4. The zero-order chi connectivity index (χ0) is 11.8. The van der Waals surface area contributed by atoms with Crippen LogP contribution in [-0.2, 0) is 4.79 Å². The number of nitrogens with two attached hydrogens (primary N) is 1. The molecule has 1 aromatic heterocycles. The highest BCUT2D eigenvalue weighted by molar-refractivity contribution is 7.98. The Kier molecular flexibility index (Phi) is 5.71. The molecule has 0 aliphatic heterocycles. The van der Waals surface area contributed by atoms with Crippen LogP contribution in [0, 0.1) is 0 Å². The van der Waals surface area contributed by atoms with E-state index in [1.54, 1.807) is 30.1 Å². The van der Waals surface area contributed by atoms with Crippen molar-refractivity contribution < 1.29 is 4.79 Å². The van der Waals surface area contributed by atoms with Gasteiger partial charge >= 0.3 is 0 Å². The first-order chi connectivity index (χ1) is 7.72. The number of aromatic nitrogens is 1. The molecule has 0 atom stereocenters. The maximum absolute atomic E-state index is 11.5. The van der Waals surface area contributed by atoms with Crippen molar-refractivity contribution in [2.24, 2.45) is 0 Å². The fourth-order valence-corrected chi connectivity index (χ4v) is 1.73. The molecule has 3 N–H and O–H groups in total. The quantitative estimate of drug-likeness (QED) is 0.746. The molecule has 4 nitrogen and oxygen atoms in total. The lowest BCUT2D eigenvalue weighted by molar-refractivity contribution is -0.116. The fourth-order valence-electron chi connectivity index (χ4n) is 1.23. The second-order valence-electron chi connectivity index (χ2n) is 3.47. The van der Waals surface area contributed by atoms with Crippen molar-refractivity contribution in [2.45, 2.75) is 19.3 Å². The third kappa shape index (κ3) is 5.02. The first-order valence-electron chi connectivity index (χ1n) is 5.22. The first-order valence-corrected chi connectivity index (χ1v) is 6.62. The average molecular weight is 239 g/mol. The normalized spacial score (nSPS) is 10.1. The minimum absolute atomic E-state index is 0.0349. The van der Waals surface area contributed by atoms with Crippen molar-refractivity contribution in [1.82, 2.24) is 4.98 Å². The number of pyridine rings is 1. The molecule has 0 saturated heterocycles. The van der Waals surface area contributed by atoms with Crippen LogP contribution in [0.1, 0.15) is 19.3 Å². The summed E-state index contributed by atoms with van der Waals surface area (Å²) < 4.78 is 0. The number of rotatable bonds is 6. The molecule has 1 heterocycles. The summed E-state index contributed by atoms with van der Waals surface area (Å²) in [6.45, 7) is 0. The number of nitrogen functional groups attached to an aromatic ring is 1. The van der Waals surface area contributed by atoms with E-state index in [4.69, 9.17) is 5.73 Å². The maximum atomic E-state index is 11.5. The molecule has 0 unspecified atom stereocenters. The van der Waals surface area contributed by atoms with Gasteiger partial charge in [-0.05, 0) is 37.0 Å². The summed E-state index contributed by atoms with van der Waals surface area (Å²) in [7, 11) is 0. The zero-order valence-electron chi connectivity index (χ0n) is 9.40. The van der Waals surface area contributed by atoms with Crippen LogP contribution in [0.4, 0.5) is 11.5 Å². The molecular formula is C11H17N3OS. The Labute approximate surface area is 100 Å². The number of hydrogen-bond donors (Lipinski definition) is 2. The fraction of sp³-hybridized carbons (Fsp3) is 0.455. The molecule has 0 bridgehead atoms. The monoisotopic (exact) mass is 239 g/mol. The molecule has 0 fully saturated rings. The molecule has 0 saturated carbocycles. The number of carbonyl (C=O) groups excluding carboxylic acids is 1. The molecule has 1 rings (SSSR count). The van der Waals surface area contributed by atoms with Gasteiger partial charge in [0.15, 0.2) is 0 Å². The van der Waals surface area contributed by atoms with Gasteiger partial charge < -0.3 is 11.1 Å². The molecule has 0 aromatic carbocycles. The largest absolute Gasteiger partial charge is 0.384 e. The molecule has 0 radical (unpaired) electrons. The third-order valence-electron chi connectivity index (χ3n) is 2.07. The molecule has 88 valence electrons. The van der Waals surface area contributed by atoms with Crippen LogP contribution in [0.25, 0.3) is 0 Å². The van der Waals surface area contributed by atoms with Gasteiger partial charge in [0.05, 0.1) is 11.9 Å². The minimum Gasteiger partial charge on any atom is -0.384 e. The standard InChI is InChI=1S/C11H17N3OS/c1-16-7-3-2-4-11(15)14-9-5-6-10(12)13-8-9/h5-6,8H,2-4,7H2,1H3,(H2,12,13)(H,14,15). The smallest absolute Gasteiger partial charge is 0.224 e. The number of amides is 1. The number of hydrogen-bond acceptors (Lipinski definition) is 4. The van der Waals surface area contributed by atoms with Gasteiger partial charge in [0.25, 0.3) is 0 Å². The number of carbonyl (C=O) groups is 1. The first kappa shape index (κ1) is 12.8. The number of thioether (sulfide) groups is 1. The Morgan fingerprint density at radius 3 is 2.94 bits per heavy atom. The Bertz CT molecular complexity index is 327. The van der Waals surface area contributed by atoms with E-state index in [0.717, 1.165) is 18.6 Å². The number of nitrogens with zero attached hydrogens (tertiary/aromatic N) is 1. The van der Waals surface area contributed by atoms with Crippen LogP contribution in [0.2, 0.25) is 0 Å². The van der Waals surface area contributed by atoms with Crippen LogP contribution >= 0.6 is 11.8 Å². The van der Waals surface area contributed by atoms with Gasteiger partial charge in [-0.3, -0.25) is 4.79 Å². The van der Waals surface area contributed by atoms with Crippen LogP contribution in [0.15, 0.2) is 18.3 Å². The van der Waals surface area contributed by atoms with Crippen molar-refractivity contribution in [3.63, 3.8) is 0 Å². The van der Waals surface area contributed by atoms with Gasteiger partial charge in [-0.1, -0.05) is 0 Å². The Morgan fingerprint density at radius 1 is 1.50 bits per heavy atom. The highest BCUT2D eigenvalue weighted by Crippen LogP contribution is 2.08. The topological polar surface area (TPSA) is 68.0 Å². The lowest BCUT2D eigenvalue weighted by Crippen LogP contribution is -2.11. The molecule has 1 amide bonds. The van der Waals surface area contributed by atoms with Gasteiger partial charge in [0.1, 0.15) is 5.82 Å². The number of anilines is 2. The van der Waals surface area contributed by atoms with Gasteiger partial charge in [-0.15, -0.1) is 0 Å². The van der Waals surface area contributed by atoms with Crippen LogP contribution in [-0.4, -0.2) is 22.9 Å². The van der Waals surface area contributed by atoms with Gasteiger partial charge in [0.2, 0.25) is 5.91 Å². The van der Waals surface area contributed by atoms with Crippen LogP contribution in [0.5, 0.6) is 0 Å². The summed E-state index contributed by atoms with van der Waals surface area (Å²) in [6, 6.07) is 3.42.